The van der Waals surface area contributed by atoms with Gasteiger partial charge in [-0.15, -0.1) is 0 Å². The minimum atomic E-state index is -1.56. The van der Waals surface area contributed by atoms with E-state index in [9.17, 15) is 33.9 Å². The number of primary amides is 2. The normalized spacial score (nSPS) is 14.2. The third-order valence-electron chi connectivity index (χ3n) is 4.61. The van der Waals surface area contributed by atoms with E-state index in [1.165, 1.54) is 11.8 Å². The average Bonchev–Trinajstić information content (AvgIpc) is 2.74. The van der Waals surface area contributed by atoms with Crippen LogP contribution in [0.25, 0.3) is 0 Å². The highest BCUT2D eigenvalue weighted by Gasteiger charge is 2.31. The fraction of sp³-hybridized carbons (Fsp3) is 0.684. The molecule has 0 aliphatic rings. The SMILES string of the molecule is CSCCC(N)C(=O)NC(CC(N)=O)C(=O)NC(CC(N)=O)C(=O)NC(CCCCN)C(=O)O. The number of unbranched alkanes of at least 4 members (excludes halogenated alkanes) is 1. The van der Waals surface area contributed by atoms with Crippen LogP contribution in [0.1, 0.15) is 38.5 Å². The number of nitrogens with one attached hydrogen (secondary N) is 3. The van der Waals surface area contributed by atoms with Gasteiger partial charge in [-0.2, -0.15) is 11.8 Å². The Kier molecular flexibility index (Phi) is 15.2. The van der Waals surface area contributed by atoms with E-state index in [2.05, 4.69) is 16.0 Å². The number of carboxylic acids is 1. The number of thioether (sulfide) groups is 1. The van der Waals surface area contributed by atoms with Crippen molar-refractivity contribution in [2.24, 2.45) is 22.9 Å². The number of aliphatic carboxylic acids is 1. The molecule has 34 heavy (non-hydrogen) atoms. The Balaban J connectivity index is 5.45. The molecule has 0 aromatic carbocycles. The maximum absolute atomic E-state index is 12.7. The lowest BCUT2D eigenvalue weighted by molar-refractivity contribution is -0.142. The molecule has 0 saturated carbocycles. The molecule has 0 aromatic heterocycles. The number of carboxylic acid groups (broad SMARTS) is 1. The summed E-state index contributed by atoms with van der Waals surface area (Å²) < 4.78 is 0. The molecule has 0 heterocycles. The van der Waals surface area contributed by atoms with Gasteiger partial charge in [0.15, 0.2) is 0 Å². The fourth-order valence-electron chi connectivity index (χ4n) is 2.77. The van der Waals surface area contributed by atoms with Crippen molar-refractivity contribution < 1.29 is 33.9 Å². The Bertz CT molecular complexity index is 738. The summed E-state index contributed by atoms with van der Waals surface area (Å²) in [5.74, 6) is -5.29. The smallest absolute Gasteiger partial charge is 0.326 e. The lowest BCUT2D eigenvalue weighted by Crippen LogP contribution is -2.58. The van der Waals surface area contributed by atoms with Crippen LogP contribution in [-0.2, 0) is 28.8 Å². The zero-order chi connectivity index (χ0) is 26.3. The predicted molar refractivity (Wildman–Crippen MR) is 125 cm³/mol. The van der Waals surface area contributed by atoms with E-state index in [0.717, 1.165) is 0 Å². The second-order valence-electron chi connectivity index (χ2n) is 7.54. The van der Waals surface area contributed by atoms with Gasteiger partial charge < -0.3 is 44.0 Å². The molecule has 14 nitrogen and oxygen atoms in total. The van der Waals surface area contributed by atoms with Gasteiger partial charge in [0.2, 0.25) is 29.5 Å². The molecule has 0 bridgehead atoms. The van der Waals surface area contributed by atoms with Gasteiger partial charge in [-0.05, 0) is 44.2 Å². The van der Waals surface area contributed by atoms with E-state index in [-0.39, 0.29) is 6.42 Å². The summed E-state index contributed by atoms with van der Waals surface area (Å²) in [7, 11) is 0. The first-order chi connectivity index (χ1) is 15.9. The van der Waals surface area contributed by atoms with Gasteiger partial charge in [0.05, 0.1) is 18.9 Å². The number of rotatable bonds is 18. The molecule has 194 valence electrons. The monoisotopic (exact) mass is 505 g/mol. The van der Waals surface area contributed by atoms with Crippen molar-refractivity contribution in [2.75, 3.05) is 18.6 Å². The Hall–Kier alpha value is -2.91. The highest BCUT2D eigenvalue weighted by atomic mass is 32.2. The molecular weight excluding hydrogens is 470 g/mol. The quantitative estimate of drug-likeness (QED) is 0.0851. The maximum atomic E-state index is 12.7. The molecule has 0 spiro atoms. The molecule has 0 rings (SSSR count). The Morgan fingerprint density at radius 2 is 1.26 bits per heavy atom. The minimum absolute atomic E-state index is 0.0732. The van der Waals surface area contributed by atoms with Crippen molar-refractivity contribution in [3.8, 4) is 0 Å². The highest BCUT2D eigenvalue weighted by Crippen LogP contribution is 2.04. The molecule has 15 heteroatoms. The second kappa shape index (κ2) is 16.7. The first-order valence-corrected chi connectivity index (χ1v) is 12.0. The summed E-state index contributed by atoms with van der Waals surface area (Å²) in [5.41, 5.74) is 21.5. The van der Waals surface area contributed by atoms with Crippen LogP contribution in [0.15, 0.2) is 0 Å². The molecule has 5 amide bonds. The van der Waals surface area contributed by atoms with Crippen LogP contribution in [0, 0.1) is 0 Å². The largest absolute Gasteiger partial charge is 0.480 e. The third-order valence-corrected chi connectivity index (χ3v) is 5.25. The molecule has 4 atom stereocenters. The molecular formula is C19H35N7O7S. The van der Waals surface area contributed by atoms with E-state index in [4.69, 9.17) is 22.9 Å². The second-order valence-corrected chi connectivity index (χ2v) is 8.52. The molecule has 0 radical (unpaired) electrons. The third kappa shape index (κ3) is 13.0. The van der Waals surface area contributed by atoms with E-state index >= 15 is 0 Å². The van der Waals surface area contributed by atoms with Gasteiger partial charge in [-0.3, -0.25) is 24.0 Å². The van der Waals surface area contributed by atoms with Crippen LogP contribution >= 0.6 is 11.8 Å². The van der Waals surface area contributed by atoms with Gasteiger partial charge >= 0.3 is 5.97 Å². The number of carbonyl (C=O) groups excluding carboxylic acids is 5. The van der Waals surface area contributed by atoms with Crippen LogP contribution < -0.4 is 38.9 Å². The van der Waals surface area contributed by atoms with E-state index in [0.29, 0.717) is 31.6 Å². The molecule has 4 unspecified atom stereocenters. The number of carbonyl (C=O) groups is 6. The van der Waals surface area contributed by atoms with Gasteiger partial charge in [-0.25, -0.2) is 4.79 Å². The van der Waals surface area contributed by atoms with Crippen molar-refractivity contribution in [1.29, 1.82) is 0 Å². The summed E-state index contributed by atoms with van der Waals surface area (Å²) >= 11 is 1.46. The number of amides is 5. The summed E-state index contributed by atoms with van der Waals surface area (Å²) in [5, 5.41) is 16.1. The predicted octanol–water partition coefficient (Wildman–Crippen LogP) is -3.51. The van der Waals surface area contributed by atoms with E-state index < -0.39 is 72.5 Å². The Morgan fingerprint density at radius 1 is 0.794 bits per heavy atom. The van der Waals surface area contributed by atoms with Crippen molar-refractivity contribution in [1.82, 2.24) is 16.0 Å². The zero-order valence-electron chi connectivity index (χ0n) is 19.1. The molecule has 12 N–H and O–H groups in total. The highest BCUT2D eigenvalue weighted by molar-refractivity contribution is 7.98. The summed E-state index contributed by atoms with van der Waals surface area (Å²) in [6.45, 7) is 0.342. The van der Waals surface area contributed by atoms with Crippen molar-refractivity contribution >= 4 is 47.3 Å². The fourth-order valence-corrected chi connectivity index (χ4v) is 3.26. The molecule has 0 aromatic rings. The first-order valence-electron chi connectivity index (χ1n) is 10.6. The van der Waals surface area contributed by atoms with E-state index in [1.54, 1.807) is 0 Å². The van der Waals surface area contributed by atoms with Crippen LogP contribution in [0.4, 0.5) is 0 Å². The lowest BCUT2D eigenvalue weighted by atomic mass is 10.1. The molecule has 0 aliphatic heterocycles. The number of hydrogen-bond donors (Lipinski definition) is 8. The van der Waals surface area contributed by atoms with Gasteiger partial charge in [-0.1, -0.05) is 0 Å². The van der Waals surface area contributed by atoms with E-state index in [1.807, 2.05) is 6.26 Å². The Morgan fingerprint density at radius 3 is 1.68 bits per heavy atom. The average molecular weight is 506 g/mol. The van der Waals surface area contributed by atoms with Crippen LogP contribution in [0.3, 0.4) is 0 Å². The van der Waals surface area contributed by atoms with Crippen molar-refractivity contribution in [3.05, 3.63) is 0 Å². The summed E-state index contributed by atoms with van der Waals surface area (Å²) in [4.78, 5) is 72.0. The lowest BCUT2D eigenvalue weighted by Gasteiger charge is -2.24. The molecule has 0 aliphatic carbocycles. The van der Waals surface area contributed by atoms with Gasteiger partial charge in [0.25, 0.3) is 0 Å². The van der Waals surface area contributed by atoms with Crippen LogP contribution in [0.5, 0.6) is 0 Å². The molecule has 0 fully saturated rings. The van der Waals surface area contributed by atoms with Crippen LogP contribution in [-0.4, -0.2) is 83.3 Å². The summed E-state index contributed by atoms with van der Waals surface area (Å²) in [6, 6.07) is -5.28. The maximum Gasteiger partial charge on any atom is 0.326 e. The van der Waals surface area contributed by atoms with Crippen molar-refractivity contribution in [2.45, 2.75) is 62.7 Å². The van der Waals surface area contributed by atoms with Gasteiger partial charge in [0.1, 0.15) is 18.1 Å². The number of hydrogen-bond acceptors (Lipinski definition) is 9. The minimum Gasteiger partial charge on any atom is -0.480 e. The van der Waals surface area contributed by atoms with Crippen LogP contribution in [0.2, 0.25) is 0 Å². The first kappa shape index (κ1) is 31.1. The van der Waals surface area contributed by atoms with Gasteiger partial charge in [0, 0.05) is 0 Å². The number of nitrogens with two attached hydrogens (primary N) is 4. The zero-order valence-corrected chi connectivity index (χ0v) is 19.9. The van der Waals surface area contributed by atoms with Crippen molar-refractivity contribution in [3.63, 3.8) is 0 Å². The topological polar surface area (TPSA) is 263 Å². The Labute approximate surface area is 201 Å². The standard InChI is InChI=1S/C19H35N7O7S/c1-34-7-5-10(21)16(29)25-12(8-14(22)27)18(31)26-13(9-15(23)28)17(30)24-11(19(32)33)4-2-3-6-20/h10-13H,2-9,20-21H2,1H3,(H2,22,27)(H2,23,28)(H,24,30)(H,25,29)(H,26,31)(H,32,33). The summed E-state index contributed by atoms with van der Waals surface area (Å²) in [6.07, 6.45) is 1.91. The molecule has 0 saturated heterocycles.